The highest BCUT2D eigenvalue weighted by atomic mass is 35.5. The topological polar surface area (TPSA) is 58.2 Å². The molecule has 0 fully saturated rings. The van der Waals surface area contributed by atoms with E-state index in [0.29, 0.717) is 28.4 Å². The summed E-state index contributed by atoms with van der Waals surface area (Å²) < 4.78 is 0. The zero-order chi connectivity index (χ0) is 19.2. The summed E-state index contributed by atoms with van der Waals surface area (Å²) in [5.41, 5.74) is 3.36. The molecule has 0 radical (unpaired) electrons. The van der Waals surface area contributed by atoms with E-state index in [1.54, 1.807) is 48.5 Å². The molecular weight excluding hydrogens is 360 g/mol. The molecule has 3 aromatic rings. The minimum atomic E-state index is -0.259. The van der Waals surface area contributed by atoms with Crippen molar-refractivity contribution in [3.05, 3.63) is 100 Å². The molecular formula is C22H19ClN2O2. The molecule has 0 spiro atoms. The molecule has 0 saturated carbocycles. The van der Waals surface area contributed by atoms with Crippen LogP contribution in [0.1, 0.15) is 31.8 Å². The van der Waals surface area contributed by atoms with Crippen LogP contribution in [0.15, 0.2) is 72.8 Å². The number of benzene rings is 3. The van der Waals surface area contributed by atoms with Crippen LogP contribution in [0.2, 0.25) is 5.02 Å². The Kier molecular flexibility index (Phi) is 5.89. The number of amides is 2. The summed E-state index contributed by atoms with van der Waals surface area (Å²) in [5, 5.41) is 6.33. The van der Waals surface area contributed by atoms with E-state index in [2.05, 4.69) is 10.6 Å². The fourth-order valence-electron chi connectivity index (χ4n) is 2.65. The lowest BCUT2D eigenvalue weighted by molar-refractivity contribution is 0.0952. The van der Waals surface area contributed by atoms with E-state index in [1.807, 2.05) is 31.2 Å². The van der Waals surface area contributed by atoms with Crippen LogP contribution in [0.3, 0.4) is 0 Å². The Morgan fingerprint density at radius 3 is 2.37 bits per heavy atom. The highest BCUT2D eigenvalue weighted by Gasteiger charge is 2.14. The van der Waals surface area contributed by atoms with Crippen LogP contribution in [0.5, 0.6) is 0 Å². The Labute approximate surface area is 163 Å². The Morgan fingerprint density at radius 2 is 1.63 bits per heavy atom. The van der Waals surface area contributed by atoms with Gasteiger partial charge in [0.15, 0.2) is 0 Å². The van der Waals surface area contributed by atoms with Gasteiger partial charge in [-0.2, -0.15) is 0 Å². The second kappa shape index (κ2) is 8.52. The van der Waals surface area contributed by atoms with Crippen LogP contribution in [-0.4, -0.2) is 11.8 Å². The molecule has 3 aromatic carbocycles. The molecule has 3 rings (SSSR count). The fourth-order valence-corrected chi connectivity index (χ4v) is 2.78. The van der Waals surface area contributed by atoms with Crippen LogP contribution in [-0.2, 0) is 6.54 Å². The molecule has 0 heterocycles. The third-order valence-electron chi connectivity index (χ3n) is 4.07. The molecule has 0 unspecified atom stereocenters. The van der Waals surface area contributed by atoms with Crippen molar-refractivity contribution < 1.29 is 9.59 Å². The first-order chi connectivity index (χ1) is 13.0. The predicted octanol–water partition coefficient (Wildman–Crippen LogP) is 4.83. The maximum absolute atomic E-state index is 12.6. The summed E-state index contributed by atoms with van der Waals surface area (Å²) in [4.78, 5) is 25.1. The van der Waals surface area contributed by atoms with Crippen LogP contribution < -0.4 is 10.6 Å². The molecule has 0 aliphatic rings. The van der Waals surface area contributed by atoms with Gasteiger partial charge in [0.1, 0.15) is 0 Å². The van der Waals surface area contributed by atoms with Gasteiger partial charge in [-0.15, -0.1) is 0 Å². The van der Waals surface area contributed by atoms with Crippen molar-refractivity contribution in [3.8, 4) is 0 Å². The van der Waals surface area contributed by atoms with Crippen molar-refractivity contribution in [2.45, 2.75) is 13.5 Å². The number of hydrogen-bond donors (Lipinski definition) is 2. The molecule has 5 heteroatoms. The van der Waals surface area contributed by atoms with Crippen LogP contribution in [0, 0.1) is 6.92 Å². The molecule has 27 heavy (non-hydrogen) atoms. The highest BCUT2D eigenvalue weighted by molar-refractivity contribution is 6.30. The largest absolute Gasteiger partial charge is 0.348 e. The molecule has 136 valence electrons. The van der Waals surface area contributed by atoms with E-state index < -0.39 is 0 Å². The van der Waals surface area contributed by atoms with Gasteiger partial charge in [0, 0.05) is 17.1 Å². The number of anilines is 1. The smallest absolute Gasteiger partial charge is 0.255 e. The van der Waals surface area contributed by atoms with E-state index >= 15 is 0 Å². The maximum Gasteiger partial charge on any atom is 0.255 e. The van der Waals surface area contributed by atoms with Crippen molar-refractivity contribution >= 4 is 29.1 Å². The van der Waals surface area contributed by atoms with Crippen molar-refractivity contribution in [1.82, 2.24) is 5.32 Å². The van der Waals surface area contributed by atoms with E-state index in [4.69, 9.17) is 11.6 Å². The van der Waals surface area contributed by atoms with Crippen LogP contribution >= 0.6 is 11.6 Å². The lowest BCUT2D eigenvalue weighted by atomic mass is 10.1. The van der Waals surface area contributed by atoms with E-state index in [9.17, 15) is 9.59 Å². The standard InChI is InChI=1S/C22H19ClN2O2/c1-15-5-4-6-17(13-15)21(26)25-20-8-3-2-7-19(20)22(27)24-14-16-9-11-18(23)12-10-16/h2-13H,14H2,1H3,(H,24,27)(H,25,26). The van der Waals surface area contributed by atoms with Crippen molar-refractivity contribution in [2.75, 3.05) is 5.32 Å². The zero-order valence-corrected chi connectivity index (χ0v) is 15.6. The molecule has 0 aliphatic heterocycles. The third-order valence-corrected chi connectivity index (χ3v) is 4.32. The quantitative estimate of drug-likeness (QED) is 0.668. The fraction of sp³-hybridized carbons (Fsp3) is 0.0909. The van der Waals surface area contributed by atoms with Crippen LogP contribution in [0.25, 0.3) is 0 Å². The average molecular weight is 379 g/mol. The van der Waals surface area contributed by atoms with Gasteiger partial charge in [0.25, 0.3) is 11.8 Å². The lowest BCUT2D eigenvalue weighted by Gasteiger charge is -2.12. The van der Waals surface area contributed by atoms with Gasteiger partial charge >= 0.3 is 0 Å². The minimum absolute atomic E-state index is 0.253. The van der Waals surface area contributed by atoms with Crippen LogP contribution in [0.4, 0.5) is 5.69 Å². The molecule has 0 saturated heterocycles. The number of rotatable bonds is 5. The SMILES string of the molecule is Cc1cccc(C(=O)Nc2ccccc2C(=O)NCc2ccc(Cl)cc2)c1. The van der Waals surface area contributed by atoms with Gasteiger partial charge in [-0.25, -0.2) is 0 Å². The predicted molar refractivity (Wildman–Crippen MR) is 108 cm³/mol. The monoisotopic (exact) mass is 378 g/mol. The van der Waals surface area contributed by atoms with Gasteiger partial charge in [0.2, 0.25) is 0 Å². The highest BCUT2D eigenvalue weighted by Crippen LogP contribution is 2.17. The lowest BCUT2D eigenvalue weighted by Crippen LogP contribution is -2.24. The van der Waals surface area contributed by atoms with E-state index in [0.717, 1.165) is 11.1 Å². The van der Waals surface area contributed by atoms with E-state index in [1.165, 1.54) is 0 Å². The van der Waals surface area contributed by atoms with Gasteiger partial charge < -0.3 is 10.6 Å². The Hall–Kier alpha value is -3.11. The van der Waals surface area contributed by atoms with Crippen molar-refractivity contribution in [3.63, 3.8) is 0 Å². The molecule has 0 atom stereocenters. The molecule has 2 N–H and O–H groups in total. The summed E-state index contributed by atoms with van der Waals surface area (Å²) in [6, 6.07) is 21.5. The minimum Gasteiger partial charge on any atom is -0.348 e. The number of halogens is 1. The Bertz CT molecular complexity index is 968. The average Bonchev–Trinajstić information content (AvgIpc) is 2.67. The van der Waals surface area contributed by atoms with Gasteiger partial charge in [-0.1, -0.05) is 53.6 Å². The zero-order valence-electron chi connectivity index (χ0n) is 14.8. The Balaban J connectivity index is 1.72. The molecule has 2 amide bonds. The number of nitrogens with one attached hydrogen (secondary N) is 2. The van der Waals surface area contributed by atoms with Gasteiger partial charge in [0.05, 0.1) is 11.3 Å². The first-order valence-electron chi connectivity index (χ1n) is 8.52. The maximum atomic E-state index is 12.6. The second-order valence-electron chi connectivity index (χ2n) is 6.18. The first-order valence-corrected chi connectivity index (χ1v) is 8.90. The summed E-state index contributed by atoms with van der Waals surface area (Å²) in [7, 11) is 0. The van der Waals surface area contributed by atoms with Gasteiger partial charge in [-0.3, -0.25) is 9.59 Å². The first kappa shape index (κ1) is 18.7. The number of para-hydroxylation sites is 1. The summed E-state index contributed by atoms with van der Waals surface area (Å²) in [6.45, 7) is 2.30. The van der Waals surface area contributed by atoms with Gasteiger partial charge in [-0.05, 0) is 48.9 Å². The van der Waals surface area contributed by atoms with E-state index in [-0.39, 0.29) is 11.8 Å². The third kappa shape index (κ3) is 4.96. The molecule has 0 aromatic heterocycles. The molecule has 0 aliphatic carbocycles. The number of carbonyl (C=O) groups excluding carboxylic acids is 2. The van der Waals surface area contributed by atoms with Crippen molar-refractivity contribution in [1.29, 1.82) is 0 Å². The van der Waals surface area contributed by atoms with Crippen molar-refractivity contribution in [2.24, 2.45) is 0 Å². The normalized spacial score (nSPS) is 10.3. The summed E-state index contributed by atoms with van der Waals surface area (Å²) in [6.07, 6.45) is 0. The second-order valence-corrected chi connectivity index (χ2v) is 6.61. The summed E-state index contributed by atoms with van der Waals surface area (Å²) in [5.74, 6) is -0.512. The molecule has 4 nitrogen and oxygen atoms in total. The number of hydrogen-bond acceptors (Lipinski definition) is 2. The number of aryl methyl sites for hydroxylation is 1. The Morgan fingerprint density at radius 1 is 0.889 bits per heavy atom. The summed E-state index contributed by atoms with van der Waals surface area (Å²) >= 11 is 5.87. The number of carbonyl (C=O) groups is 2. The molecule has 0 bridgehead atoms.